The first-order valence-electron chi connectivity index (χ1n) is 11.8. The van der Waals surface area contributed by atoms with E-state index in [4.69, 9.17) is 32.7 Å². The Balaban J connectivity index is 1.40. The van der Waals surface area contributed by atoms with Crippen molar-refractivity contribution in [1.82, 2.24) is 10.4 Å². The number of H-pyrrole nitrogens is 1. The van der Waals surface area contributed by atoms with Crippen LogP contribution in [0.3, 0.4) is 0 Å². The number of fused-ring (bicyclic) bond motifs is 1. The zero-order chi connectivity index (χ0) is 27.4. The summed E-state index contributed by atoms with van der Waals surface area (Å²) in [6.45, 7) is 0. The van der Waals surface area contributed by atoms with Crippen molar-refractivity contribution in [3.63, 3.8) is 0 Å². The summed E-state index contributed by atoms with van der Waals surface area (Å²) in [6, 6.07) is 26.4. The van der Waals surface area contributed by atoms with E-state index in [0.29, 0.717) is 32.6 Å². The molecule has 1 aromatic heterocycles. The lowest BCUT2D eigenvalue weighted by molar-refractivity contribution is 0.0730. The summed E-state index contributed by atoms with van der Waals surface area (Å²) in [5.41, 5.74) is 5.70. The van der Waals surface area contributed by atoms with Gasteiger partial charge >= 0.3 is 5.97 Å². The van der Waals surface area contributed by atoms with E-state index in [2.05, 4.69) is 15.5 Å². The van der Waals surface area contributed by atoms with Gasteiger partial charge in [-0.25, -0.2) is 10.2 Å². The molecule has 5 aromatic rings. The second-order valence-electron chi connectivity index (χ2n) is 8.37. The van der Waals surface area contributed by atoms with Crippen molar-refractivity contribution in [2.24, 2.45) is 5.10 Å². The number of halogens is 2. The van der Waals surface area contributed by atoms with Crippen LogP contribution in [0.2, 0.25) is 10.0 Å². The third kappa shape index (κ3) is 5.50. The molecule has 7 nitrogen and oxygen atoms in total. The monoisotopic (exact) mass is 557 g/mol. The van der Waals surface area contributed by atoms with Crippen LogP contribution in [0.25, 0.3) is 22.0 Å². The second-order valence-corrected chi connectivity index (χ2v) is 9.22. The van der Waals surface area contributed by atoms with Gasteiger partial charge in [-0.1, -0.05) is 71.7 Å². The van der Waals surface area contributed by atoms with Gasteiger partial charge < -0.3 is 14.5 Å². The molecule has 39 heavy (non-hydrogen) atoms. The summed E-state index contributed by atoms with van der Waals surface area (Å²) < 4.78 is 10.8. The molecule has 5 rings (SSSR count). The lowest BCUT2D eigenvalue weighted by atomic mass is 10.0. The van der Waals surface area contributed by atoms with E-state index >= 15 is 0 Å². The zero-order valence-corrected chi connectivity index (χ0v) is 22.1. The van der Waals surface area contributed by atoms with Crippen LogP contribution >= 0.6 is 23.2 Å². The fourth-order valence-electron chi connectivity index (χ4n) is 4.15. The number of methoxy groups -OCH3 is 1. The van der Waals surface area contributed by atoms with E-state index < -0.39 is 11.9 Å². The summed E-state index contributed by atoms with van der Waals surface area (Å²) in [6.07, 6.45) is 1.40. The number of amides is 1. The first kappa shape index (κ1) is 26.0. The Kier molecular flexibility index (Phi) is 7.63. The van der Waals surface area contributed by atoms with Crippen LogP contribution in [0, 0.1) is 0 Å². The topological polar surface area (TPSA) is 92.8 Å². The van der Waals surface area contributed by atoms with Gasteiger partial charge in [0.25, 0.3) is 5.91 Å². The molecule has 9 heteroatoms. The highest BCUT2D eigenvalue weighted by Gasteiger charge is 2.21. The van der Waals surface area contributed by atoms with Crippen LogP contribution in [0.1, 0.15) is 26.4 Å². The predicted molar refractivity (Wildman–Crippen MR) is 153 cm³/mol. The number of hydrazone groups is 1. The zero-order valence-electron chi connectivity index (χ0n) is 20.6. The molecule has 4 aromatic carbocycles. The van der Waals surface area contributed by atoms with Gasteiger partial charge in [-0.3, -0.25) is 4.79 Å². The van der Waals surface area contributed by atoms with Gasteiger partial charge in [0, 0.05) is 37.6 Å². The molecule has 0 spiro atoms. The summed E-state index contributed by atoms with van der Waals surface area (Å²) in [7, 11) is 1.45. The molecule has 2 N–H and O–H groups in total. The molecule has 0 aliphatic carbocycles. The Morgan fingerprint density at radius 2 is 1.64 bits per heavy atom. The van der Waals surface area contributed by atoms with Crippen LogP contribution in [0.15, 0.2) is 96.1 Å². The van der Waals surface area contributed by atoms with Crippen molar-refractivity contribution < 1.29 is 19.1 Å². The Bertz CT molecular complexity index is 1730. The van der Waals surface area contributed by atoms with Crippen LogP contribution in [0.5, 0.6) is 11.5 Å². The standard InChI is InChI=1S/C30H21Cl2N3O4/c1-38-26-15-14-19(31)16-22(26)30(37)39-25-13-7-2-8-18(25)17-33-35-29(36)28-27(20-9-3-5-11-23(20)32)21-10-4-6-12-24(21)34-28/h2-17,34H,1H3,(H,35,36). The molecular formula is C30H21Cl2N3O4. The number of nitrogens with one attached hydrogen (secondary N) is 2. The molecule has 0 unspecified atom stereocenters. The molecule has 0 aliphatic rings. The highest BCUT2D eigenvalue weighted by molar-refractivity contribution is 6.34. The quantitative estimate of drug-likeness (QED) is 0.0962. The van der Waals surface area contributed by atoms with E-state index in [1.807, 2.05) is 42.5 Å². The van der Waals surface area contributed by atoms with Crippen LogP contribution in [-0.4, -0.2) is 30.2 Å². The maximum absolute atomic E-state index is 13.2. The number of para-hydroxylation sites is 2. The number of carbonyl (C=O) groups is 2. The Labute approximate surface area is 234 Å². The normalized spacial score (nSPS) is 11.1. The third-order valence-corrected chi connectivity index (χ3v) is 6.51. The van der Waals surface area contributed by atoms with Gasteiger partial charge in [0.2, 0.25) is 0 Å². The Morgan fingerprint density at radius 3 is 2.46 bits per heavy atom. The Hall–Kier alpha value is -4.59. The number of esters is 1. The first-order valence-corrected chi connectivity index (χ1v) is 12.6. The molecular weight excluding hydrogens is 537 g/mol. The average molecular weight is 558 g/mol. The van der Waals surface area contributed by atoms with E-state index in [9.17, 15) is 9.59 Å². The van der Waals surface area contributed by atoms with Gasteiger partial charge in [-0.05, 0) is 42.5 Å². The van der Waals surface area contributed by atoms with Crippen molar-refractivity contribution in [2.75, 3.05) is 7.11 Å². The van der Waals surface area contributed by atoms with Crippen molar-refractivity contribution in [3.05, 3.63) is 118 Å². The summed E-state index contributed by atoms with van der Waals surface area (Å²) in [5.74, 6) is -0.544. The first-order chi connectivity index (χ1) is 19.0. The number of carbonyl (C=O) groups excluding carboxylic acids is 2. The van der Waals surface area contributed by atoms with Gasteiger partial charge in [0.15, 0.2) is 0 Å². The molecule has 1 amide bonds. The Morgan fingerprint density at radius 1 is 0.897 bits per heavy atom. The number of benzene rings is 4. The van der Waals surface area contributed by atoms with Crippen molar-refractivity contribution in [3.8, 4) is 22.6 Å². The molecule has 0 saturated carbocycles. The fourth-order valence-corrected chi connectivity index (χ4v) is 4.55. The number of aromatic amines is 1. The minimum absolute atomic E-state index is 0.177. The third-order valence-electron chi connectivity index (χ3n) is 5.95. The number of aromatic nitrogens is 1. The number of rotatable bonds is 7. The van der Waals surface area contributed by atoms with Gasteiger partial charge in [0.05, 0.1) is 13.3 Å². The van der Waals surface area contributed by atoms with Crippen LogP contribution in [0.4, 0.5) is 0 Å². The maximum atomic E-state index is 13.2. The number of nitrogens with zero attached hydrogens (tertiary/aromatic N) is 1. The molecule has 0 aliphatic heterocycles. The molecule has 0 atom stereocenters. The van der Waals surface area contributed by atoms with Crippen LogP contribution in [-0.2, 0) is 0 Å². The van der Waals surface area contributed by atoms with Gasteiger partial charge in [0.1, 0.15) is 22.8 Å². The van der Waals surface area contributed by atoms with E-state index in [1.165, 1.54) is 19.4 Å². The smallest absolute Gasteiger partial charge is 0.347 e. The minimum atomic E-state index is -0.651. The summed E-state index contributed by atoms with van der Waals surface area (Å²) in [4.78, 5) is 29.3. The van der Waals surface area contributed by atoms with E-state index in [1.54, 1.807) is 42.5 Å². The average Bonchev–Trinajstić information content (AvgIpc) is 3.34. The number of hydrogen-bond donors (Lipinski definition) is 2. The number of ether oxygens (including phenoxy) is 2. The molecule has 0 bridgehead atoms. The lowest BCUT2D eigenvalue weighted by Crippen LogP contribution is -2.19. The van der Waals surface area contributed by atoms with E-state index in [-0.39, 0.29) is 11.3 Å². The highest BCUT2D eigenvalue weighted by Crippen LogP contribution is 2.36. The molecule has 0 radical (unpaired) electrons. The SMILES string of the molecule is COc1ccc(Cl)cc1C(=O)Oc1ccccc1C=NNC(=O)c1[nH]c2ccccc2c1-c1ccccc1Cl. The molecule has 1 heterocycles. The lowest BCUT2D eigenvalue weighted by Gasteiger charge is -2.10. The predicted octanol–water partition coefficient (Wildman–Crippen LogP) is 7.13. The fraction of sp³-hybridized carbons (Fsp3) is 0.0333. The van der Waals surface area contributed by atoms with Gasteiger partial charge in [-0.15, -0.1) is 0 Å². The van der Waals surface area contributed by atoms with Gasteiger partial charge in [-0.2, -0.15) is 5.10 Å². The number of hydrogen-bond acceptors (Lipinski definition) is 5. The minimum Gasteiger partial charge on any atom is -0.496 e. The summed E-state index contributed by atoms with van der Waals surface area (Å²) in [5, 5.41) is 5.86. The molecule has 194 valence electrons. The molecule has 0 saturated heterocycles. The molecule has 0 fully saturated rings. The highest BCUT2D eigenvalue weighted by atomic mass is 35.5. The van der Waals surface area contributed by atoms with Crippen LogP contribution < -0.4 is 14.9 Å². The largest absolute Gasteiger partial charge is 0.496 e. The van der Waals surface area contributed by atoms with Crippen molar-refractivity contribution in [1.29, 1.82) is 0 Å². The van der Waals surface area contributed by atoms with E-state index in [0.717, 1.165) is 16.5 Å². The second kappa shape index (κ2) is 11.4. The maximum Gasteiger partial charge on any atom is 0.347 e. The van der Waals surface area contributed by atoms with Crippen molar-refractivity contribution in [2.45, 2.75) is 0 Å². The van der Waals surface area contributed by atoms with Crippen molar-refractivity contribution >= 4 is 52.2 Å². The summed E-state index contributed by atoms with van der Waals surface area (Å²) >= 11 is 12.5.